The number of nitrogens with zero attached hydrogens (tertiary/aromatic N) is 1. The Morgan fingerprint density at radius 2 is 1.95 bits per heavy atom. The van der Waals surface area contributed by atoms with E-state index in [4.69, 9.17) is 5.73 Å². The number of benzene rings is 1. The number of alkyl halides is 3. The summed E-state index contributed by atoms with van der Waals surface area (Å²) in [5.41, 5.74) is 5.66. The summed E-state index contributed by atoms with van der Waals surface area (Å²) in [6.45, 7) is 4.21. The van der Waals surface area contributed by atoms with Crippen LogP contribution in [0.4, 0.5) is 18.9 Å². The van der Waals surface area contributed by atoms with Gasteiger partial charge in [-0.05, 0) is 44.0 Å². The molecule has 0 fully saturated rings. The fourth-order valence-corrected chi connectivity index (χ4v) is 1.95. The molecule has 0 bridgehead atoms. The van der Waals surface area contributed by atoms with Gasteiger partial charge in [0.2, 0.25) is 0 Å². The third-order valence-electron chi connectivity index (χ3n) is 3.43. The number of rotatable bonds is 5. The Kier molecular flexibility index (Phi) is 5.23. The minimum absolute atomic E-state index is 0.0569. The Morgan fingerprint density at radius 1 is 1.32 bits per heavy atom. The lowest BCUT2D eigenvalue weighted by Gasteiger charge is -2.29. The Morgan fingerprint density at radius 3 is 2.42 bits per heavy atom. The van der Waals surface area contributed by atoms with Crippen molar-refractivity contribution in [2.45, 2.75) is 38.9 Å². The Bertz CT molecular complexity index is 416. The summed E-state index contributed by atoms with van der Waals surface area (Å²) < 4.78 is 39.4. The topological polar surface area (TPSA) is 29.3 Å². The second-order valence-electron chi connectivity index (χ2n) is 4.76. The van der Waals surface area contributed by atoms with Gasteiger partial charge in [0.1, 0.15) is 0 Å². The van der Waals surface area contributed by atoms with Gasteiger partial charge in [-0.15, -0.1) is 0 Å². The van der Waals surface area contributed by atoms with Crippen molar-refractivity contribution in [2.75, 3.05) is 18.5 Å². The van der Waals surface area contributed by atoms with Crippen molar-refractivity contribution in [1.29, 1.82) is 0 Å². The minimum Gasteiger partial charge on any atom is -0.371 e. The monoisotopic (exact) mass is 274 g/mol. The van der Waals surface area contributed by atoms with Crippen molar-refractivity contribution >= 4 is 5.69 Å². The predicted octanol–water partition coefficient (Wildman–Crippen LogP) is 3.44. The molecule has 0 aromatic heterocycles. The van der Waals surface area contributed by atoms with E-state index < -0.39 is 11.7 Å². The first-order valence-electron chi connectivity index (χ1n) is 6.44. The van der Waals surface area contributed by atoms with Gasteiger partial charge in [0.25, 0.3) is 0 Å². The van der Waals surface area contributed by atoms with E-state index in [1.807, 2.05) is 13.8 Å². The number of hydrogen-bond donors (Lipinski definition) is 1. The van der Waals surface area contributed by atoms with Gasteiger partial charge >= 0.3 is 6.18 Å². The maximum absolute atomic E-state index is 13.1. The average molecular weight is 274 g/mol. The fourth-order valence-electron chi connectivity index (χ4n) is 1.95. The highest BCUT2D eigenvalue weighted by Gasteiger charge is 2.35. The normalized spacial score (nSPS) is 13.4. The summed E-state index contributed by atoms with van der Waals surface area (Å²) in [6, 6.07) is 4.53. The minimum atomic E-state index is -4.35. The third kappa shape index (κ3) is 3.86. The quantitative estimate of drug-likeness (QED) is 0.891. The highest BCUT2D eigenvalue weighted by atomic mass is 19.4. The molecule has 0 saturated carbocycles. The number of anilines is 1. The van der Waals surface area contributed by atoms with Crippen molar-refractivity contribution in [3.63, 3.8) is 0 Å². The molecule has 0 spiro atoms. The molecule has 5 heteroatoms. The van der Waals surface area contributed by atoms with Crippen LogP contribution in [0.15, 0.2) is 18.2 Å². The van der Waals surface area contributed by atoms with E-state index in [1.54, 1.807) is 24.1 Å². The van der Waals surface area contributed by atoms with Crippen LogP contribution in [0.2, 0.25) is 0 Å². The van der Waals surface area contributed by atoms with Crippen LogP contribution < -0.4 is 10.6 Å². The van der Waals surface area contributed by atoms with E-state index in [0.717, 1.165) is 6.42 Å². The summed E-state index contributed by atoms with van der Waals surface area (Å²) in [4.78, 5) is 1.68. The lowest BCUT2D eigenvalue weighted by atomic mass is 10.0. The lowest BCUT2D eigenvalue weighted by Crippen LogP contribution is -2.30. The SMILES string of the molecule is CCC(C)N(C)c1ccc(CCN)cc1C(F)(F)F. The molecule has 0 saturated heterocycles. The molecule has 0 aliphatic heterocycles. The van der Waals surface area contributed by atoms with Crippen LogP contribution in [0.1, 0.15) is 31.4 Å². The van der Waals surface area contributed by atoms with Crippen LogP contribution in [0.5, 0.6) is 0 Å². The zero-order valence-electron chi connectivity index (χ0n) is 11.6. The van der Waals surface area contributed by atoms with Gasteiger partial charge in [0.15, 0.2) is 0 Å². The van der Waals surface area contributed by atoms with Crippen molar-refractivity contribution in [3.05, 3.63) is 29.3 Å². The van der Waals surface area contributed by atoms with Crippen LogP contribution in [-0.4, -0.2) is 19.6 Å². The third-order valence-corrected chi connectivity index (χ3v) is 3.43. The zero-order chi connectivity index (χ0) is 14.6. The summed E-state index contributed by atoms with van der Waals surface area (Å²) in [7, 11) is 1.70. The molecule has 1 aromatic rings. The van der Waals surface area contributed by atoms with Gasteiger partial charge < -0.3 is 10.6 Å². The Hall–Kier alpha value is -1.23. The fraction of sp³-hybridized carbons (Fsp3) is 0.571. The van der Waals surface area contributed by atoms with E-state index in [1.165, 1.54) is 6.07 Å². The molecular weight excluding hydrogens is 253 g/mol. The largest absolute Gasteiger partial charge is 0.418 e. The van der Waals surface area contributed by atoms with Gasteiger partial charge in [-0.25, -0.2) is 0 Å². The predicted molar refractivity (Wildman–Crippen MR) is 72.4 cm³/mol. The molecule has 0 heterocycles. The Labute approximate surface area is 112 Å². The number of nitrogens with two attached hydrogens (primary N) is 1. The molecule has 1 atom stereocenters. The molecule has 0 amide bonds. The van der Waals surface area contributed by atoms with Crippen LogP contribution in [-0.2, 0) is 12.6 Å². The molecule has 108 valence electrons. The van der Waals surface area contributed by atoms with Gasteiger partial charge in [0, 0.05) is 18.8 Å². The smallest absolute Gasteiger partial charge is 0.371 e. The van der Waals surface area contributed by atoms with Crippen LogP contribution in [0.3, 0.4) is 0 Å². The van der Waals surface area contributed by atoms with Gasteiger partial charge in [-0.1, -0.05) is 13.0 Å². The molecule has 19 heavy (non-hydrogen) atoms. The standard InChI is InChI=1S/C14H21F3N2/c1-4-10(2)19(3)13-6-5-11(7-8-18)9-12(13)14(15,16)17/h5-6,9-10H,4,7-8,18H2,1-3H3. The lowest BCUT2D eigenvalue weighted by molar-refractivity contribution is -0.137. The molecule has 0 aliphatic rings. The summed E-state index contributed by atoms with van der Waals surface area (Å²) in [5, 5.41) is 0. The molecule has 0 aliphatic carbocycles. The average Bonchev–Trinajstić information content (AvgIpc) is 2.36. The zero-order valence-corrected chi connectivity index (χ0v) is 11.6. The summed E-state index contributed by atoms with van der Waals surface area (Å²) in [6.07, 6.45) is -3.10. The van der Waals surface area contributed by atoms with E-state index in [0.29, 0.717) is 18.5 Å². The summed E-state index contributed by atoms with van der Waals surface area (Å²) in [5.74, 6) is 0. The van der Waals surface area contributed by atoms with E-state index in [2.05, 4.69) is 0 Å². The van der Waals surface area contributed by atoms with Crippen molar-refractivity contribution < 1.29 is 13.2 Å². The molecule has 1 rings (SSSR count). The number of hydrogen-bond acceptors (Lipinski definition) is 2. The Balaban J connectivity index is 3.23. The van der Waals surface area contributed by atoms with Crippen LogP contribution in [0, 0.1) is 0 Å². The second-order valence-corrected chi connectivity index (χ2v) is 4.76. The molecule has 1 unspecified atom stereocenters. The van der Waals surface area contributed by atoms with Gasteiger partial charge in [0.05, 0.1) is 5.56 Å². The maximum atomic E-state index is 13.1. The summed E-state index contributed by atoms with van der Waals surface area (Å²) >= 11 is 0. The molecular formula is C14H21F3N2. The van der Waals surface area contributed by atoms with Crippen molar-refractivity contribution in [3.8, 4) is 0 Å². The molecule has 0 radical (unpaired) electrons. The molecule has 1 aromatic carbocycles. The molecule has 2 nitrogen and oxygen atoms in total. The van der Waals surface area contributed by atoms with E-state index >= 15 is 0 Å². The van der Waals surface area contributed by atoms with Gasteiger partial charge in [-0.2, -0.15) is 13.2 Å². The van der Waals surface area contributed by atoms with Crippen molar-refractivity contribution in [1.82, 2.24) is 0 Å². The first-order chi connectivity index (χ1) is 8.81. The van der Waals surface area contributed by atoms with E-state index in [-0.39, 0.29) is 11.7 Å². The van der Waals surface area contributed by atoms with Crippen LogP contribution in [0.25, 0.3) is 0 Å². The van der Waals surface area contributed by atoms with Crippen LogP contribution >= 0.6 is 0 Å². The highest BCUT2D eigenvalue weighted by Crippen LogP contribution is 2.37. The number of halogens is 3. The van der Waals surface area contributed by atoms with Crippen molar-refractivity contribution in [2.24, 2.45) is 5.73 Å². The first kappa shape index (κ1) is 15.8. The maximum Gasteiger partial charge on any atom is 0.418 e. The highest BCUT2D eigenvalue weighted by molar-refractivity contribution is 5.56. The van der Waals surface area contributed by atoms with E-state index in [9.17, 15) is 13.2 Å². The molecule has 2 N–H and O–H groups in total. The van der Waals surface area contributed by atoms with Gasteiger partial charge in [-0.3, -0.25) is 0 Å². The first-order valence-corrected chi connectivity index (χ1v) is 6.44. The second kappa shape index (κ2) is 6.28.